The third kappa shape index (κ3) is 2.95. The second-order valence-electron chi connectivity index (χ2n) is 4.98. The van der Waals surface area contributed by atoms with Crippen LogP contribution in [0, 0.1) is 5.82 Å². The molecule has 0 radical (unpaired) electrons. The van der Waals surface area contributed by atoms with E-state index in [9.17, 15) is 12.8 Å². The fourth-order valence-corrected chi connectivity index (χ4v) is 3.76. The predicted molar refractivity (Wildman–Crippen MR) is 78.7 cm³/mol. The van der Waals surface area contributed by atoms with Crippen LogP contribution in [0.1, 0.15) is 12.8 Å². The van der Waals surface area contributed by atoms with Gasteiger partial charge in [-0.25, -0.2) is 17.8 Å². The molecular weight excluding hydrogens is 307 g/mol. The van der Waals surface area contributed by atoms with Gasteiger partial charge in [0.05, 0.1) is 6.20 Å². The highest BCUT2D eigenvalue weighted by Gasteiger charge is 2.27. The quantitative estimate of drug-likeness (QED) is 0.868. The number of nitrogens with zero attached hydrogens (tertiary/aromatic N) is 2. The predicted octanol–water partition coefficient (Wildman–Crippen LogP) is 2.80. The molecule has 1 saturated heterocycles. The van der Waals surface area contributed by atoms with Crippen LogP contribution in [0.5, 0.6) is 11.6 Å². The van der Waals surface area contributed by atoms with Crippen molar-refractivity contribution in [2.24, 2.45) is 0 Å². The summed E-state index contributed by atoms with van der Waals surface area (Å²) in [5, 5.41) is 0. The maximum absolute atomic E-state index is 13.5. The molecule has 1 aliphatic heterocycles. The van der Waals surface area contributed by atoms with E-state index in [1.807, 2.05) is 0 Å². The number of hydrogen-bond donors (Lipinski definition) is 0. The number of pyridine rings is 1. The highest BCUT2D eigenvalue weighted by Crippen LogP contribution is 2.25. The molecule has 1 fully saturated rings. The van der Waals surface area contributed by atoms with Gasteiger partial charge in [0.15, 0.2) is 11.6 Å². The lowest BCUT2D eigenvalue weighted by Crippen LogP contribution is -2.27. The number of benzene rings is 1. The van der Waals surface area contributed by atoms with E-state index in [2.05, 4.69) is 4.98 Å². The van der Waals surface area contributed by atoms with Gasteiger partial charge >= 0.3 is 0 Å². The van der Waals surface area contributed by atoms with Crippen LogP contribution in [-0.4, -0.2) is 30.8 Å². The third-order valence-corrected chi connectivity index (χ3v) is 5.35. The van der Waals surface area contributed by atoms with Gasteiger partial charge in [0.1, 0.15) is 4.90 Å². The number of sulfonamides is 1. The SMILES string of the molecule is O=S(=O)(c1ccc(Oc2ccccc2F)nc1)N1CCCC1. The minimum Gasteiger partial charge on any atom is -0.436 e. The lowest BCUT2D eigenvalue weighted by molar-refractivity contribution is 0.426. The van der Waals surface area contributed by atoms with Crippen molar-refractivity contribution in [3.63, 3.8) is 0 Å². The standard InChI is InChI=1S/C15H15FN2O3S/c16-13-5-1-2-6-14(13)21-15-8-7-12(11-17-15)22(19,20)18-9-3-4-10-18/h1-2,5-8,11H,3-4,9-10H2. The first-order valence-electron chi connectivity index (χ1n) is 6.96. The highest BCUT2D eigenvalue weighted by atomic mass is 32.2. The minimum absolute atomic E-state index is 0.0464. The molecule has 0 saturated carbocycles. The van der Waals surface area contributed by atoms with Crippen molar-refractivity contribution in [2.75, 3.05) is 13.1 Å². The number of halogens is 1. The molecule has 0 spiro atoms. The Morgan fingerprint density at radius 2 is 1.82 bits per heavy atom. The molecule has 0 bridgehead atoms. The molecular formula is C15H15FN2O3S. The second kappa shape index (κ2) is 6.02. The van der Waals surface area contributed by atoms with Crippen molar-refractivity contribution >= 4 is 10.0 Å². The van der Waals surface area contributed by atoms with Gasteiger partial charge in [0.25, 0.3) is 0 Å². The van der Waals surface area contributed by atoms with Crippen LogP contribution in [0.25, 0.3) is 0 Å². The largest absolute Gasteiger partial charge is 0.436 e. The molecule has 5 nitrogen and oxygen atoms in total. The molecule has 0 aliphatic carbocycles. The first-order chi connectivity index (χ1) is 10.6. The van der Waals surface area contributed by atoms with Crippen LogP contribution in [0.2, 0.25) is 0 Å². The summed E-state index contributed by atoms with van der Waals surface area (Å²) in [4.78, 5) is 4.08. The van der Waals surface area contributed by atoms with Gasteiger partial charge in [-0.3, -0.25) is 0 Å². The van der Waals surface area contributed by atoms with E-state index in [4.69, 9.17) is 4.74 Å². The van der Waals surface area contributed by atoms with Gasteiger partial charge < -0.3 is 4.74 Å². The van der Waals surface area contributed by atoms with Gasteiger partial charge in [0.2, 0.25) is 15.9 Å². The molecule has 2 aromatic rings. The van der Waals surface area contributed by atoms with Gasteiger partial charge in [-0.05, 0) is 31.0 Å². The molecule has 22 heavy (non-hydrogen) atoms. The normalized spacial score (nSPS) is 15.9. The Morgan fingerprint density at radius 1 is 1.09 bits per heavy atom. The van der Waals surface area contributed by atoms with Crippen molar-refractivity contribution in [3.05, 3.63) is 48.4 Å². The van der Waals surface area contributed by atoms with Crippen LogP contribution >= 0.6 is 0 Å². The summed E-state index contributed by atoms with van der Waals surface area (Å²) in [6.45, 7) is 1.08. The Balaban J connectivity index is 1.80. The molecule has 1 aromatic heterocycles. The number of para-hydroxylation sites is 1. The van der Waals surface area contributed by atoms with E-state index in [1.165, 1.54) is 34.8 Å². The molecule has 2 heterocycles. The van der Waals surface area contributed by atoms with E-state index in [0.29, 0.717) is 13.1 Å². The zero-order chi connectivity index (χ0) is 15.6. The highest BCUT2D eigenvalue weighted by molar-refractivity contribution is 7.89. The van der Waals surface area contributed by atoms with Crippen LogP contribution < -0.4 is 4.74 Å². The molecule has 0 atom stereocenters. The molecule has 1 aliphatic rings. The van der Waals surface area contributed by atoms with Gasteiger partial charge in [-0.15, -0.1) is 0 Å². The minimum atomic E-state index is -3.50. The average molecular weight is 322 g/mol. The van der Waals surface area contributed by atoms with Crippen molar-refractivity contribution in [1.29, 1.82) is 0 Å². The Bertz CT molecular complexity index is 757. The summed E-state index contributed by atoms with van der Waals surface area (Å²) in [5.74, 6) is -0.311. The summed E-state index contributed by atoms with van der Waals surface area (Å²) < 4.78 is 44.9. The van der Waals surface area contributed by atoms with Crippen LogP contribution in [0.4, 0.5) is 4.39 Å². The molecule has 0 unspecified atom stereocenters. The summed E-state index contributed by atoms with van der Waals surface area (Å²) in [6, 6.07) is 8.81. The maximum atomic E-state index is 13.5. The molecule has 1 aromatic carbocycles. The zero-order valence-electron chi connectivity index (χ0n) is 11.8. The second-order valence-corrected chi connectivity index (χ2v) is 6.91. The average Bonchev–Trinajstić information content (AvgIpc) is 3.05. The third-order valence-electron chi connectivity index (χ3n) is 3.46. The van der Waals surface area contributed by atoms with Gasteiger partial charge in [0, 0.05) is 19.2 Å². The van der Waals surface area contributed by atoms with Crippen LogP contribution in [-0.2, 0) is 10.0 Å². The van der Waals surface area contributed by atoms with Gasteiger partial charge in [-0.2, -0.15) is 4.31 Å². The summed E-state index contributed by atoms with van der Waals surface area (Å²) in [5.41, 5.74) is 0. The van der Waals surface area contributed by atoms with E-state index in [1.54, 1.807) is 12.1 Å². The molecule has 7 heteroatoms. The first kappa shape index (κ1) is 14.9. The fourth-order valence-electron chi connectivity index (χ4n) is 2.30. The van der Waals surface area contributed by atoms with Crippen LogP contribution in [0.3, 0.4) is 0 Å². The van der Waals surface area contributed by atoms with Crippen molar-refractivity contribution in [2.45, 2.75) is 17.7 Å². The topological polar surface area (TPSA) is 59.5 Å². The van der Waals surface area contributed by atoms with Crippen molar-refractivity contribution < 1.29 is 17.5 Å². The molecule has 116 valence electrons. The molecule has 0 N–H and O–H groups in total. The fraction of sp³-hybridized carbons (Fsp3) is 0.267. The number of aromatic nitrogens is 1. The summed E-state index contributed by atoms with van der Waals surface area (Å²) in [6.07, 6.45) is 2.99. The smallest absolute Gasteiger partial charge is 0.244 e. The molecule has 3 rings (SSSR count). The van der Waals surface area contributed by atoms with Crippen LogP contribution in [0.15, 0.2) is 47.5 Å². The Labute approximate surface area is 128 Å². The first-order valence-corrected chi connectivity index (χ1v) is 8.40. The lowest BCUT2D eigenvalue weighted by Gasteiger charge is -2.15. The number of ether oxygens (including phenoxy) is 1. The number of hydrogen-bond acceptors (Lipinski definition) is 4. The maximum Gasteiger partial charge on any atom is 0.244 e. The number of rotatable bonds is 4. The van der Waals surface area contributed by atoms with E-state index in [-0.39, 0.29) is 16.5 Å². The Morgan fingerprint density at radius 3 is 2.45 bits per heavy atom. The van der Waals surface area contributed by atoms with E-state index < -0.39 is 15.8 Å². The Hall–Kier alpha value is -1.99. The summed E-state index contributed by atoms with van der Waals surface area (Å²) in [7, 11) is -3.50. The zero-order valence-corrected chi connectivity index (χ0v) is 12.6. The van der Waals surface area contributed by atoms with Gasteiger partial charge in [-0.1, -0.05) is 12.1 Å². The van der Waals surface area contributed by atoms with E-state index >= 15 is 0 Å². The monoisotopic (exact) mass is 322 g/mol. The van der Waals surface area contributed by atoms with E-state index in [0.717, 1.165) is 12.8 Å². The molecule has 0 amide bonds. The van der Waals surface area contributed by atoms with Crippen molar-refractivity contribution in [3.8, 4) is 11.6 Å². The Kier molecular flexibility index (Phi) is 4.08. The lowest BCUT2D eigenvalue weighted by atomic mass is 10.3. The van der Waals surface area contributed by atoms with Crippen molar-refractivity contribution in [1.82, 2.24) is 9.29 Å². The summed E-state index contributed by atoms with van der Waals surface area (Å²) >= 11 is 0.